The fourth-order valence-corrected chi connectivity index (χ4v) is 1.79. The second-order valence-corrected chi connectivity index (χ2v) is 4.60. The highest BCUT2D eigenvalue weighted by Gasteiger charge is 2.38. The summed E-state index contributed by atoms with van der Waals surface area (Å²) in [5.41, 5.74) is 0.599. The molecule has 0 saturated heterocycles. The lowest BCUT2D eigenvalue weighted by molar-refractivity contribution is -0.120. The summed E-state index contributed by atoms with van der Waals surface area (Å²) in [7, 11) is 0. The van der Waals surface area contributed by atoms with Gasteiger partial charge < -0.3 is 10.0 Å². The molecule has 0 spiro atoms. The molecule has 1 fully saturated rings. The quantitative estimate of drug-likeness (QED) is 0.904. The number of alkyl halides is 3. The smallest absolute Gasteiger partial charge is 0.389 e. The standard InChI is InChI=1S/C12H15F3N2O/c1-8(18)9-2-5-11(16-6-9)17(10-3-4-10)7-12(13,14)15/h2,5-6,8,10,18H,3-4,7H2,1H3/t8-/m0/s1. The molecule has 1 aliphatic rings. The van der Waals surface area contributed by atoms with Crippen LogP contribution in [0.2, 0.25) is 0 Å². The average molecular weight is 260 g/mol. The van der Waals surface area contributed by atoms with Crippen LogP contribution < -0.4 is 4.90 Å². The maximum absolute atomic E-state index is 12.5. The van der Waals surface area contributed by atoms with Crippen LogP contribution in [0.25, 0.3) is 0 Å². The highest BCUT2D eigenvalue weighted by Crippen LogP contribution is 2.33. The summed E-state index contributed by atoms with van der Waals surface area (Å²) in [5, 5.41) is 9.33. The van der Waals surface area contributed by atoms with Crippen LogP contribution >= 0.6 is 0 Å². The molecule has 0 bridgehead atoms. The zero-order valence-corrected chi connectivity index (χ0v) is 9.98. The Hall–Kier alpha value is -1.30. The van der Waals surface area contributed by atoms with E-state index in [0.717, 1.165) is 12.8 Å². The molecule has 1 saturated carbocycles. The van der Waals surface area contributed by atoms with Gasteiger partial charge in [0, 0.05) is 12.2 Å². The van der Waals surface area contributed by atoms with Crippen molar-refractivity contribution in [1.29, 1.82) is 0 Å². The second kappa shape index (κ2) is 4.76. The largest absolute Gasteiger partial charge is 0.405 e. The molecule has 100 valence electrons. The normalized spacial score (nSPS) is 17.6. The molecule has 6 heteroatoms. The van der Waals surface area contributed by atoms with E-state index < -0.39 is 18.8 Å². The van der Waals surface area contributed by atoms with Gasteiger partial charge in [-0.2, -0.15) is 13.2 Å². The van der Waals surface area contributed by atoms with Crippen molar-refractivity contribution in [3.63, 3.8) is 0 Å². The lowest BCUT2D eigenvalue weighted by atomic mass is 10.2. The highest BCUT2D eigenvalue weighted by molar-refractivity contribution is 5.42. The molecule has 1 aromatic rings. The summed E-state index contributed by atoms with van der Waals surface area (Å²) in [6, 6.07) is 3.08. The van der Waals surface area contributed by atoms with Crippen LogP contribution in [-0.4, -0.2) is 28.9 Å². The van der Waals surface area contributed by atoms with E-state index in [9.17, 15) is 18.3 Å². The van der Waals surface area contributed by atoms with E-state index in [1.807, 2.05) is 0 Å². The van der Waals surface area contributed by atoms with E-state index in [-0.39, 0.29) is 6.04 Å². The van der Waals surface area contributed by atoms with E-state index in [4.69, 9.17) is 0 Å². The van der Waals surface area contributed by atoms with Crippen molar-refractivity contribution in [2.75, 3.05) is 11.4 Å². The third-order valence-corrected chi connectivity index (χ3v) is 2.88. The molecule has 0 amide bonds. The van der Waals surface area contributed by atoms with Gasteiger partial charge in [0.05, 0.1) is 6.10 Å². The maximum Gasteiger partial charge on any atom is 0.405 e. The first-order chi connectivity index (χ1) is 8.37. The first-order valence-corrected chi connectivity index (χ1v) is 5.84. The van der Waals surface area contributed by atoms with Gasteiger partial charge in [0.1, 0.15) is 12.4 Å². The Morgan fingerprint density at radius 1 is 1.44 bits per heavy atom. The first kappa shape index (κ1) is 13.1. The molecule has 1 aromatic heterocycles. The van der Waals surface area contributed by atoms with E-state index in [1.54, 1.807) is 13.0 Å². The fraction of sp³-hybridized carbons (Fsp3) is 0.583. The van der Waals surface area contributed by atoms with Gasteiger partial charge >= 0.3 is 6.18 Å². The lowest BCUT2D eigenvalue weighted by Crippen LogP contribution is -2.36. The van der Waals surface area contributed by atoms with Crippen LogP contribution in [-0.2, 0) is 0 Å². The van der Waals surface area contributed by atoms with Crippen LogP contribution in [0.1, 0.15) is 31.4 Å². The maximum atomic E-state index is 12.5. The number of aliphatic hydroxyl groups excluding tert-OH is 1. The van der Waals surface area contributed by atoms with Gasteiger partial charge in [0.2, 0.25) is 0 Å². The summed E-state index contributed by atoms with van der Waals surface area (Å²) < 4.78 is 37.4. The van der Waals surface area contributed by atoms with Crippen molar-refractivity contribution in [3.05, 3.63) is 23.9 Å². The van der Waals surface area contributed by atoms with Crippen LogP contribution in [0.15, 0.2) is 18.3 Å². The molecule has 1 heterocycles. The lowest BCUT2D eigenvalue weighted by Gasteiger charge is -2.24. The Labute approximate surface area is 103 Å². The molecule has 1 N–H and O–H groups in total. The van der Waals surface area contributed by atoms with Gasteiger partial charge in [-0.3, -0.25) is 0 Å². The average Bonchev–Trinajstić information content (AvgIpc) is 3.08. The summed E-state index contributed by atoms with van der Waals surface area (Å²) in [6.45, 7) is 0.615. The summed E-state index contributed by atoms with van der Waals surface area (Å²) in [5.74, 6) is 0.319. The molecular weight excluding hydrogens is 245 g/mol. The molecule has 0 aromatic carbocycles. The highest BCUT2D eigenvalue weighted by atomic mass is 19.4. The second-order valence-electron chi connectivity index (χ2n) is 4.60. The number of hydrogen-bond donors (Lipinski definition) is 1. The molecule has 0 unspecified atom stereocenters. The minimum Gasteiger partial charge on any atom is -0.389 e. The van der Waals surface area contributed by atoms with Gasteiger partial charge in [-0.25, -0.2) is 4.98 Å². The van der Waals surface area contributed by atoms with Gasteiger partial charge in [0.25, 0.3) is 0 Å². The third-order valence-electron chi connectivity index (χ3n) is 2.88. The van der Waals surface area contributed by atoms with Gasteiger partial charge in [0.15, 0.2) is 0 Å². The predicted molar refractivity (Wildman–Crippen MR) is 61.3 cm³/mol. The number of rotatable bonds is 4. The van der Waals surface area contributed by atoms with Crippen LogP contribution in [0.4, 0.5) is 19.0 Å². The predicted octanol–water partition coefficient (Wildman–Crippen LogP) is 2.67. The summed E-state index contributed by atoms with van der Waals surface area (Å²) in [6.07, 6.45) is -1.92. The van der Waals surface area contributed by atoms with E-state index in [1.165, 1.54) is 17.2 Å². The third kappa shape index (κ3) is 3.35. The minimum atomic E-state index is -4.23. The number of pyridine rings is 1. The molecule has 2 rings (SSSR count). The van der Waals surface area contributed by atoms with E-state index in [2.05, 4.69) is 4.98 Å². The zero-order chi connectivity index (χ0) is 13.3. The van der Waals surface area contributed by atoms with Crippen molar-refractivity contribution in [1.82, 2.24) is 4.98 Å². The van der Waals surface area contributed by atoms with Gasteiger partial charge in [-0.05, 0) is 31.4 Å². The minimum absolute atomic E-state index is 0.0588. The molecule has 0 aliphatic heterocycles. The molecular formula is C12H15F3N2O. The number of aliphatic hydroxyl groups is 1. The van der Waals surface area contributed by atoms with Crippen molar-refractivity contribution < 1.29 is 18.3 Å². The van der Waals surface area contributed by atoms with Gasteiger partial charge in [-0.1, -0.05) is 6.07 Å². The Morgan fingerprint density at radius 2 is 2.11 bits per heavy atom. The van der Waals surface area contributed by atoms with Crippen molar-refractivity contribution in [2.24, 2.45) is 0 Å². The fourth-order valence-electron chi connectivity index (χ4n) is 1.79. The Balaban J connectivity index is 2.15. The van der Waals surface area contributed by atoms with E-state index >= 15 is 0 Å². The zero-order valence-electron chi connectivity index (χ0n) is 9.98. The topological polar surface area (TPSA) is 36.4 Å². The Bertz CT molecular complexity index is 399. The SMILES string of the molecule is C[C@H](O)c1ccc(N(CC(F)(F)F)C2CC2)nc1. The van der Waals surface area contributed by atoms with Crippen LogP contribution in [0.5, 0.6) is 0 Å². The van der Waals surface area contributed by atoms with Crippen molar-refractivity contribution in [3.8, 4) is 0 Å². The number of anilines is 1. The molecule has 1 aliphatic carbocycles. The van der Waals surface area contributed by atoms with Crippen molar-refractivity contribution in [2.45, 2.75) is 38.1 Å². The first-order valence-electron chi connectivity index (χ1n) is 5.84. The summed E-state index contributed by atoms with van der Waals surface area (Å²) >= 11 is 0. The number of hydrogen-bond acceptors (Lipinski definition) is 3. The summed E-state index contributed by atoms with van der Waals surface area (Å²) in [4.78, 5) is 5.30. The van der Waals surface area contributed by atoms with Crippen LogP contribution in [0.3, 0.4) is 0 Å². The molecule has 0 radical (unpaired) electrons. The van der Waals surface area contributed by atoms with Crippen molar-refractivity contribution >= 4 is 5.82 Å². The molecule has 18 heavy (non-hydrogen) atoms. The monoisotopic (exact) mass is 260 g/mol. The number of halogens is 3. The Kier molecular flexibility index (Phi) is 3.47. The Morgan fingerprint density at radius 3 is 2.50 bits per heavy atom. The number of nitrogens with zero attached hydrogens (tertiary/aromatic N) is 2. The molecule has 1 atom stereocenters. The van der Waals surface area contributed by atoms with Crippen LogP contribution in [0, 0.1) is 0 Å². The van der Waals surface area contributed by atoms with Gasteiger partial charge in [-0.15, -0.1) is 0 Å². The molecule has 3 nitrogen and oxygen atoms in total. The number of aromatic nitrogens is 1. The van der Waals surface area contributed by atoms with E-state index in [0.29, 0.717) is 11.4 Å².